The van der Waals surface area contributed by atoms with Crippen molar-refractivity contribution >= 4 is 23.2 Å². The van der Waals surface area contributed by atoms with Crippen molar-refractivity contribution in [2.45, 2.75) is 23.2 Å². The minimum atomic E-state index is -2.07. The van der Waals surface area contributed by atoms with Crippen molar-refractivity contribution in [3.8, 4) is 5.75 Å². The minimum absolute atomic E-state index is 0.119. The first kappa shape index (κ1) is 22.4. The molecule has 2 heterocycles. The number of hydrogen-bond donors (Lipinski definition) is 2. The number of amides is 1. The summed E-state index contributed by atoms with van der Waals surface area (Å²) < 4.78 is 6.55. The zero-order chi connectivity index (χ0) is 24.3. The summed E-state index contributed by atoms with van der Waals surface area (Å²) in [6.45, 7) is 7.31. The highest BCUT2D eigenvalue weighted by Gasteiger charge is 2.78. The molecule has 172 valence electrons. The van der Waals surface area contributed by atoms with Gasteiger partial charge in [0.05, 0.1) is 17.5 Å². The van der Waals surface area contributed by atoms with Gasteiger partial charge in [0.15, 0.2) is 16.9 Å². The summed E-state index contributed by atoms with van der Waals surface area (Å²) in [6.07, 6.45) is -0.159. The smallest absolute Gasteiger partial charge is 0.228 e. The Kier molecular flexibility index (Phi) is 5.14. The van der Waals surface area contributed by atoms with Crippen LogP contribution in [0.4, 0.5) is 5.69 Å². The van der Waals surface area contributed by atoms with Gasteiger partial charge in [-0.05, 0) is 11.1 Å². The number of aliphatic hydroxyl groups is 2. The summed E-state index contributed by atoms with van der Waals surface area (Å²) in [7, 11) is 3.22. The molecule has 2 aromatic carbocycles. The van der Waals surface area contributed by atoms with Gasteiger partial charge in [0.25, 0.3) is 0 Å². The Morgan fingerprint density at radius 1 is 1.18 bits per heavy atom. The molecule has 8 heteroatoms. The molecule has 1 saturated carbocycles. The van der Waals surface area contributed by atoms with E-state index in [2.05, 4.69) is 9.83 Å². The number of aliphatic hydroxyl groups excluding tert-OH is 1. The average Bonchev–Trinajstić information content (AvgIpc) is 3.21. The third-order valence-corrected chi connectivity index (χ3v) is 7.10. The van der Waals surface area contributed by atoms with Crippen molar-refractivity contribution in [3.05, 3.63) is 100 Å². The fourth-order valence-electron chi connectivity index (χ4n) is 5.49. The number of fused-ring (bicyclic) bond motifs is 3. The first-order valence-corrected chi connectivity index (χ1v) is 11.1. The number of nitrogens with zero attached hydrogens (tertiary/aromatic N) is 3. The first-order chi connectivity index (χ1) is 16.3. The van der Waals surface area contributed by atoms with Gasteiger partial charge in [0.2, 0.25) is 5.91 Å². The lowest BCUT2D eigenvalue weighted by Gasteiger charge is -2.40. The second-order valence-corrected chi connectivity index (χ2v) is 9.29. The second-order valence-electron chi connectivity index (χ2n) is 8.85. The Hall–Kier alpha value is -3.44. The largest absolute Gasteiger partial charge is 0.476 e. The van der Waals surface area contributed by atoms with E-state index in [4.69, 9.17) is 22.9 Å². The van der Waals surface area contributed by atoms with Crippen molar-refractivity contribution < 1.29 is 19.7 Å². The van der Waals surface area contributed by atoms with Gasteiger partial charge in [0.1, 0.15) is 17.5 Å². The van der Waals surface area contributed by atoms with Crippen LogP contribution in [0.2, 0.25) is 5.02 Å². The molecule has 1 fully saturated rings. The van der Waals surface area contributed by atoms with Gasteiger partial charge in [-0.3, -0.25) is 9.78 Å². The normalized spacial score (nSPS) is 29.0. The van der Waals surface area contributed by atoms with Crippen LogP contribution in [0.3, 0.4) is 0 Å². The molecule has 3 aromatic rings. The average molecular weight is 476 g/mol. The van der Waals surface area contributed by atoms with Crippen molar-refractivity contribution in [2.24, 2.45) is 5.92 Å². The molecule has 1 aromatic heterocycles. The molecule has 0 radical (unpaired) electrons. The molecule has 0 bridgehead atoms. The maximum absolute atomic E-state index is 13.5. The molecule has 5 atom stereocenters. The molecule has 0 saturated heterocycles. The van der Waals surface area contributed by atoms with Crippen LogP contribution in [-0.4, -0.2) is 46.2 Å². The molecule has 7 nitrogen and oxygen atoms in total. The number of aromatic nitrogens is 1. The number of rotatable bonds is 3. The van der Waals surface area contributed by atoms with Gasteiger partial charge in [-0.2, -0.15) is 0 Å². The fraction of sp³-hybridized carbons (Fsp3) is 0.269. The SMILES string of the molecule is [C-]#[N+]c1ccc([C@@]23Oc4cc(Cl)cnc4[C@]2(O)[C@H](O)[C@H](C(=O)N(C)C)[C@H]3c2ccccc2)cc1. The fourth-order valence-corrected chi connectivity index (χ4v) is 5.64. The van der Waals surface area contributed by atoms with E-state index in [0.29, 0.717) is 21.8 Å². The van der Waals surface area contributed by atoms with E-state index in [-0.39, 0.29) is 17.4 Å². The highest BCUT2D eigenvalue weighted by molar-refractivity contribution is 6.30. The first-order valence-electron chi connectivity index (χ1n) is 10.7. The standard InChI is InChI=1S/C26H22ClN3O4/c1-28-18-11-9-16(10-12-18)26-21(15-7-5-4-6-8-15)20(24(32)30(2)3)23(31)25(26,33)22-19(34-26)13-17(27)14-29-22/h4-14,20-21,23,31,33H,2-3H3/t20-,21-,23-,25+,26+/m1/s1. The quantitative estimate of drug-likeness (QED) is 0.565. The lowest BCUT2D eigenvalue weighted by molar-refractivity contribution is -0.157. The van der Waals surface area contributed by atoms with E-state index in [0.717, 1.165) is 0 Å². The minimum Gasteiger partial charge on any atom is -0.476 e. The highest BCUT2D eigenvalue weighted by atomic mass is 35.5. The summed E-state index contributed by atoms with van der Waals surface area (Å²) in [5, 5.41) is 24.4. The summed E-state index contributed by atoms with van der Waals surface area (Å²) in [4.78, 5) is 22.7. The molecular formula is C26H22ClN3O4. The van der Waals surface area contributed by atoms with Crippen LogP contribution in [0, 0.1) is 12.5 Å². The number of halogens is 1. The zero-order valence-electron chi connectivity index (χ0n) is 18.5. The zero-order valence-corrected chi connectivity index (χ0v) is 19.3. The Bertz CT molecular complexity index is 1310. The van der Waals surface area contributed by atoms with E-state index in [1.54, 1.807) is 44.4 Å². The number of ether oxygens (including phenoxy) is 1. The molecule has 5 rings (SSSR count). The molecule has 1 amide bonds. The van der Waals surface area contributed by atoms with Crippen LogP contribution in [0.15, 0.2) is 66.9 Å². The van der Waals surface area contributed by atoms with Gasteiger partial charge in [-0.25, -0.2) is 4.85 Å². The van der Waals surface area contributed by atoms with Gasteiger partial charge < -0.3 is 19.8 Å². The molecule has 1 aliphatic carbocycles. The summed E-state index contributed by atoms with van der Waals surface area (Å²) >= 11 is 6.19. The second kappa shape index (κ2) is 7.81. The maximum atomic E-state index is 13.5. The topological polar surface area (TPSA) is 87.2 Å². The van der Waals surface area contributed by atoms with Gasteiger partial charge in [0, 0.05) is 32.3 Å². The molecule has 2 N–H and O–H groups in total. The van der Waals surface area contributed by atoms with Crippen LogP contribution in [0.25, 0.3) is 4.85 Å². The Morgan fingerprint density at radius 2 is 1.85 bits per heavy atom. The molecule has 2 aliphatic rings. The Balaban J connectivity index is 1.86. The number of carbonyl (C=O) groups is 1. The predicted molar refractivity (Wildman–Crippen MR) is 126 cm³/mol. The van der Waals surface area contributed by atoms with Crippen molar-refractivity contribution in [3.63, 3.8) is 0 Å². The van der Waals surface area contributed by atoms with Crippen molar-refractivity contribution in [1.29, 1.82) is 0 Å². The third kappa shape index (κ3) is 2.83. The predicted octanol–water partition coefficient (Wildman–Crippen LogP) is 3.62. The lowest BCUT2D eigenvalue weighted by atomic mass is 9.71. The Morgan fingerprint density at radius 3 is 2.47 bits per heavy atom. The van der Waals surface area contributed by atoms with Gasteiger partial charge in [-0.15, -0.1) is 0 Å². The lowest BCUT2D eigenvalue weighted by Crippen LogP contribution is -2.52. The number of benzene rings is 2. The molecule has 0 spiro atoms. The molecule has 0 unspecified atom stereocenters. The molecule has 1 aliphatic heterocycles. The van der Waals surface area contributed by atoms with Crippen LogP contribution >= 0.6 is 11.6 Å². The summed E-state index contributed by atoms with van der Waals surface area (Å²) in [6, 6.07) is 17.4. The van der Waals surface area contributed by atoms with Crippen molar-refractivity contribution in [1.82, 2.24) is 9.88 Å². The number of carbonyl (C=O) groups excluding carboxylic acids is 1. The molecule has 34 heavy (non-hydrogen) atoms. The van der Waals surface area contributed by atoms with Gasteiger partial charge >= 0.3 is 0 Å². The van der Waals surface area contributed by atoms with Crippen LogP contribution < -0.4 is 4.74 Å². The summed E-state index contributed by atoms with van der Waals surface area (Å²) in [5.41, 5.74) is -1.91. The van der Waals surface area contributed by atoms with E-state index in [1.807, 2.05) is 30.3 Å². The molecular weight excluding hydrogens is 454 g/mol. The number of hydrogen-bond acceptors (Lipinski definition) is 5. The van der Waals surface area contributed by atoms with E-state index in [9.17, 15) is 15.0 Å². The Labute approximate surface area is 202 Å². The maximum Gasteiger partial charge on any atom is 0.228 e. The van der Waals surface area contributed by atoms with E-state index >= 15 is 0 Å². The van der Waals surface area contributed by atoms with E-state index in [1.165, 1.54) is 11.1 Å². The van der Waals surface area contributed by atoms with Crippen LogP contribution in [0.5, 0.6) is 5.75 Å². The summed E-state index contributed by atoms with van der Waals surface area (Å²) in [5.74, 6) is -1.93. The highest BCUT2D eigenvalue weighted by Crippen LogP contribution is 2.68. The van der Waals surface area contributed by atoms with Crippen LogP contribution in [-0.2, 0) is 16.0 Å². The van der Waals surface area contributed by atoms with Crippen LogP contribution in [0.1, 0.15) is 22.7 Å². The number of pyridine rings is 1. The van der Waals surface area contributed by atoms with Gasteiger partial charge in [-0.1, -0.05) is 66.2 Å². The monoisotopic (exact) mass is 475 g/mol. The third-order valence-electron chi connectivity index (χ3n) is 6.89. The van der Waals surface area contributed by atoms with Crippen molar-refractivity contribution in [2.75, 3.05) is 14.1 Å². The van der Waals surface area contributed by atoms with E-state index < -0.39 is 29.1 Å².